The first-order valence-electron chi connectivity index (χ1n) is 6.48. The summed E-state index contributed by atoms with van der Waals surface area (Å²) in [5.74, 6) is -1.92. The lowest BCUT2D eigenvalue weighted by Gasteiger charge is -2.10. The zero-order valence-electron chi connectivity index (χ0n) is 11.8. The first-order valence-corrected chi connectivity index (χ1v) is 7.28. The Labute approximate surface area is 130 Å². The van der Waals surface area contributed by atoms with E-state index >= 15 is 0 Å². The van der Waals surface area contributed by atoms with Crippen LogP contribution in [0.5, 0.6) is 5.75 Å². The summed E-state index contributed by atoms with van der Waals surface area (Å²) >= 11 is 3.43. The van der Waals surface area contributed by atoms with Gasteiger partial charge in [-0.1, -0.05) is 6.92 Å². The molecule has 1 aromatic carbocycles. The Morgan fingerprint density at radius 1 is 1.33 bits per heavy atom. The van der Waals surface area contributed by atoms with Gasteiger partial charge in [0.1, 0.15) is 6.61 Å². The van der Waals surface area contributed by atoms with Crippen molar-refractivity contribution >= 4 is 15.9 Å². The van der Waals surface area contributed by atoms with E-state index in [0.29, 0.717) is 11.3 Å². The molecular formula is C14H16BrF2N3O. The van der Waals surface area contributed by atoms with Crippen molar-refractivity contribution in [3.05, 3.63) is 45.2 Å². The quantitative estimate of drug-likeness (QED) is 0.892. The van der Waals surface area contributed by atoms with Crippen LogP contribution in [-0.2, 0) is 26.6 Å². The van der Waals surface area contributed by atoms with Gasteiger partial charge in [-0.2, -0.15) is 5.10 Å². The van der Waals surface area contributed by atoms with Gasteiger partial charge in [-0.15, -0.1) is 0 Å². The molecule has 7 heteroatoms. The number of nitrogens with two attached hydrogens (primary N) is 1. The Morgan fingerprint density at radius 3 is 2.43 bits per heavy atom. The monoisotopic (exact) mass is 359 g/mol. The number of hydrogen-bond acceptors (Lipinski definition) is 3. The van der Waals surface area contributed by atoms with E-state index in [1.165, 1.54) is 12.1 Å². The van der Waals surface area contributed by atoms with E-state index in [1.807, 2.05) is 6.92 Å². The molecule has 4 nitrogen and oxygen atoms in total. The number of aromatic nitrogens is 2. The minimum atomic E-state index is -0.760. The fourth-order valence-electron chi connectivity index (χ4n) is 1.99. The third kappa shape index (κ3) is 3.24. The molecule has 1 heterocycles. The van der Waals surface area contributed by atoms with Crippen molar-refractivity contribution in [3.8, 4) is 5.75 Å². The third-order valence-corrected chi connectivity index (χ3v) is 4.07. The highest BCUT2D eigenvalue weighted by Crippen LogP contribution is 2.27. The van der Waals surface area contributed by atoms with Crippen LogP contribution in [0.25, 0.3) is 0 Å². The predicted octanol–water partition coefficient (Wildman–Crippen LogP) is 3.06. The second-order valence-corrected chi connectivity index (χ2v) is 5.36. The van der Waals surface area contributed by atoms with Crippen LogP contribution in [0.1, 0.15) is 23.9 Å². The lowest BCUT2D eigenvalue weighted by Crippen LogP contribution is -2.07. The molecule has 0 aliphatic rings. The summed E-state index contributed by atoms with van der Waals surface area (Å²) < 4.78 is 35.4. The number of nitrogens with zero attached hydrogens (tertiary/aromatic N) is 2. The Bertz CT molecular complexity index is 635. The summed E-state index contributed by atoms with van der Waals surface area (Å²) in [5.41, 5.74) is 7.34. The predicted molar refractivity (Wildman–Crippen MR) is 78.9 cm³/mol. The molecule has 0 fully saturated rings. The minimum Gasteiger partial charge on any atom is -0.481 e. The van der Waals surface area contributed by atoms with Crippen molar-refractivity contribution in [2.24, 2.45) is 12.8 Å². The SMILES string of the molecule is CCc1nn(C)c(COc2c(F)cc(CN)cc2F)c1Br. The first kappa shape index (κ1) is 15.9. The summed E-state index contributed by atoms with van der Waals surface area (Å²) in [6.45, 7) is 2.06. The first-order chi connectivity index (χ1) is 9.97. The summed E-state index contributed by atoms with van der Waals surface area (Å²) in [4.78, 5) is 0. The van der Waals surface area contributed by atoms with Crippen molar-refractivity contribution in [1.82, 2.24) is 9.78 Å². The van der Waals surface area contributed by atoms with Crippen LogP contribution in [0.2, 0.25) is 0 Å². The maximum atomic E-state index is 13.8. The van der Waals surface area contributed by atoms with Crippen LogP contribution >= 0.6 is 15.9 Å². The fourth-order valence-corrected chi connectivity index (χ4v) is 2.72. The van der Waals surface area contributed by atoms with Crippen molar-refractivity contribution in [2.45, 2.75) is 26.5 Å². The summed E-state index contributed by atoms with van der Waals surface area (Å²) in [7, 11) is 1.76. The lowest BCUT2D eigenvalue weighted by molar-refractivity contribution is 0.264. The van der Waals surface area contributed by atoms with E-state index in [2.05, 4.69) is 21.0 Å². The van der Waals surface area contributed by atoms with Crippen LogP contribution in [0, 0.1) is 11.6 Å². The molecule has 0 atom stereocenters. The third-order valence-electron chi connectivity index (χ3n) is 3.15. The van der Waals surface area contributed by atoms with E-state index in [-0.39, 0.29) is 13.2 Å². The molecule has 2 N–H and O–H groups in total. The van der Waals surface area contributed by atoms with Gasteiger partial charge in [0, 0.05) is 13.6 Å². The van der Waals surface area contributed by atoms with Gasteiger partial charge in [0.15, 0.2) is 17.4 Å². The van der Waals surface area contributed by atoms with Crippen molar-refractivity contribution in [2.75, 3.05) is 0 Å². The number of benzene rings is 1. The molecule has 0 saturated heterocycles. The standard InChI is InChI=1S/C14H16BrF2N3O/c1-3-11-13(15)12(20(2)19-11)7-21-14-9(16)4-8(6-18)5-10(14)17/h4-5H,3,6-7,18H2,1-2H3. The lowest BCUT2D eigenvalue weighted by atomic mass is 10.2. The molecular weight excluding hydrogens is 344 g/mol. The Morgan fingerprint density at radius 2 is 1.95 bits per heavy atom. The molecule has 0 spiro atoms. The molecule has 0 radical (unpaired) electrons. The maximum absolute atomic E-state index is 13.8. The van der Waals surface area contributed by atoms with Gasteiger partial charge in [-0.25, -0.2) is 8.78 Å². The molecule has 0 saturated carbocycles. The summed E-state index contributed by atoms with van der Waals surface area (Å²) in [6, 6.07) is 2.35. The van der Waals surface area contributed by atoms with Gasteiger partial charge in [0.05, 0.1) is 15.9 Å². The molecule has 2 aromatic rings. The highest BCUT2D eigenvalue weighted by molar-refractivity contribution is 9.10. The smallest absolute Gasteiger partial charge is 0.191 e. The second-order valence-electron chi connectivity index (χ2n) is 4.57. The van der Waals surface area contributed by atoms with E-state index in [0.717, 1.165) is 16.6 Å². The maximum Gasteiger partial charge on any atom is 0.191 e. The molecule has 0 aliphatic carbocycles. The van der Waals surface area contributed by atoms with Crippen LogP contribution in [0.3, 0.4) is 0 Å². The van der Waals surface area contributed by atoms with Crippen LogP contribution in [-0.4, -0.2) is 9.78 Å². The number of halogens is 3. The number of rotatable bonds is 5. The summed E-state index contributed by atoms with van der Waals surface area (Å²) in [5, 5.41) is 4.30. The average Bonchev–Trinajstić information content (AvgIpc) is 2.72. The highest BCUT2D eigenvalue weighted by Gasteiger charge is 2.16. The van der Waals surface area contributed by atoms with E-state index in [9.17, 15) is 8.78 Å². The zero-order valence-corrected chi connectivity index (χ0v) is 13.4. The van der Waals surface area contributed by atoms with E-state index in [4.69, 9.17) is 10.5 Å². The van der Waals surface area contributed by atoms with E-state index in [1.54, 1.807) is 11.7 Å². The number of aryl methyl sites for hydroxylation is 2. The highest BCUT2D eigenvalue weighted by atomic mass is 79.9. The molecule has 2 rings (SSSR count). The van der Waals surface area contributed by atoms with Crippen molar-refractivity contribution < 1.29 is 13.5 Å². The average molecular weight is 360 g/mol. The molecule has 0 unspecified atom stereocenters. The fraction of sp³-hybridized carbons (Fsp3) is 0.357. The van der Waals surface area contributed by atoms with Crippen molar-refractivity contribution in [1.29, 1.82) is 0 Å². The van der Waals surface area contributed by atoms with Crippen molar-refractivity contribution in [3.63, 3.8) is 0 Å². The minimum absolute atomic E-state index is 0.0138. The summed E-state index contributed by atoms with van der Waals surface area (Å²) in [6.07, 6.45) is 0.752. The molecule has 0 amide bonds. The van der Waals surface area contributed by atoms with Gasteiger partial charge < -0.3 is 10.5 Å². The largest absolute Gasteiger partial charge is 0.481 e. The Hall–Kier alpha value is -1.47. The van der Waals surface area contributed by atoms with Gasteiger partial charge in [-0.3, -0.25) is 4.68 Å². The van der Waals surface area contributed by atoms with Gasteiger partial charge in [-0.05, 0) is 40.0 Å². The normalized spacial score (nSPS) is 11.0. The van der Waals surface area contributed by atoms with Gasteiger partial charge in [0.2, 0.25) is 0 Å². The molecule has 21 heavy (non-hydrogen) atoms. The van der Waals surface area contributed by atoms with Gasteiger partial charge in [0.25, 0.3) is 0 Å². The van der Waals surface area contributed by atoms with Crippen LogP contribution < -0.4 is 10.5 Å². The van der Waals surface area contributed by atoms with Crippen LogP contribution in [0.4, 0.5) is 8.78 Å². The van der Waals surface area contributed by atoms with E-state index < -0.39 is 17.4 Å². The zero-order chi connectivity index (χ0) is 15.6. The Balaban J connectivity index is 2.23. The molecule has 114 valence electrons. The Kier molecular flexibility index (Phi) is 4.95. The number of hydrogen-bond donors (Lipinski definition) is 1. The number of ether oxygens (including phenoxy) is 1. The van der Waals surface area contributed by atoms with Crippen LogP contribution in [0.15, 0.2) is 16.6 Å². The molecule has 0 aliphatic heterocycles. The topological polar surface area (TPSA) is 53.1 Å². The molecule has 1 aromatic heterocycles. The van der Waals surface area contributed by atoms with Gasteiger partial charge >= 0.3 is 0 Å². The second kappa shape index (κ2) is 6.53. The molecule has 0 bridgehead atoms.